The van der Waals surface area contributed by atoms with Crippen LogP contribution in [-0.4, -0.2) is 33.4 Å². The number of hydrogen-bond donors (Lipinski definition) is 2. The SMILES string of the molecule is O=C(NC1(CO)CCCC1)c1nnc(Cl)s1. The molecule has 0 atom stereocenters. The minimum Gasteiger partial charge on any atom is -0.394 e. The minimum atomic E-state index is -0.477. The van der Waals surface area contributed by atoms with Crippen LogP contribution in [0.4, 0.5) is 0 Å². The van der Waals surface area contributed by atoms with Gasteiger partial charge in [-0.3, -0.25) is 4.79 Å². The number of carbonyl (C=O) groups is 1. The van der Waals surface area contributed by atoms with Crippen LogP contribution in [0.5, 0.6) is 0 Å². The second kappa shape index (κ2) is 4.65. The second-order valence-electron chi connectivity index (χ2n) is 3.96. The minimum absolute atomic E-state index is 0.0364. The second-order valence-corrected chi connectivity index (χ2v) is 5.52. The van der Waals surface area contributed by atoms with Crippen molar-refractivity contribution in [1.29, 1.82) is 0 Å². The molecule has 2 N–H and O–H groups in total. The van der Waals surface area contributed by atoms with E-state index in [1.54, 1.807) is 0 Å². The van der Waals surface area contributed by atoms with Crippen molar-refractivity contribution in [2.75, 3.05) is 6.61 Å². The standard InChI is InChI=1S/C9H12ClN3O2S/c10-8-13-12-7(16-8)6(15)11-9(5-14)3-1-2-4-9/h14H,1-5H2,(H,11,15). The molecule has 1 fully saturated rings. The highest BCUT2D eigenvalue weighted by molar-refractivity contribution is 7.17. The first-order chi connectivity index (χ1) is 7.65. The Balaban J connectivity index is 2.06. The van der Waals surface area contributed by atoms with Gasteiger partial charge in [-0.2, -0.15) is 0 Å². The quantitative estimate of drug-likeness (QED) is 0.858. The molecule has 1 heterocycles. The Morgan fingerprint density at radius 3 is 2.69 bits per heavy atom. The Hall–Kier alpha value is -0.720. The molecule has 0 aliphatic heterocycles. The first kappa shape index (κ1) is 11.8. The monoisotopic (exact) mass is 261 g/mol. The van der Waals surface area contributed by atoms with Crippen LogP contribution in [0, 0.1) is 0 Å². The van der Waals surface area contributed by atoms with Crippen molar-refractivity contribution in [3.8, 4) is 0 Å². The number of rotatable bonds is 3. The van der Waals surface area contributed by atoms with Crippen molar-refractivity contribution >= 4 is 28.8 Å². The third kappa shape index (κ3) is 2.34. The van der Waals surface area contributed by atoms with Crippen LogP contribution in [0.25, 0.3) is 0 Å². The van der Waals surface area contributed by atoms with Crippen molar-refractivity contribution in [3.05, 3.63) is 9.47 Å². The highest BCUT2D eigenvalue weighted by Gasteiger charge is 2.35. The summed E-state index contributed by atoms with van der Waals surface area (Å²) in [6.45, 7) is -0.0364. The van der Waals surface area contributed by atoms with Gasteiger partial charge in [0, 0.05) is 0 Å². The van der Waals surface area contributed by atoms with Crippen molar-refractivity contribution in [1.82, 2.24) is 15.5 Å². The number of nitrogens with zero attached hydrogens (tertiary/aromatic N) is 2. The Morgan fingerprint density at radius 1 is 1.50 bits per heavy atom. The molecular formula is C9H12ClN3O2S. The third-order valence-corrected chi connectivity index (χ3v) is 3.85. The summed E-state index contributed by atoms with van der Waals surface area (Å²) >= 11 is 6.64. The zero-order chi connectivity index (χ0) is 11.6. The molecule has 16 heavy (non-hydrogen) atoms. The summed E-state index contributed by atoms with van der Waals surface area (Å²) < 4.78 is 0.245. The lowest BCUT2D eigenvalue weighted by Gasteiger charge is -2.27. The van der Waals surface area contributed by atoms with Crippen LogP contribution in [0.1, 0.15) is 35.5 Å². The maximum atomic E-state index is 11.8. The topological polar surface area (TPSA) is 75.1 Å². The Bertz CT molecular complexity index is 390. The molecular weight excluding hydrogens is 250 g/mol. The van der Waals surface area contributed by atoms with Gasteiger partial charge in [-0.15, -0.1) is 10.2 Å². The molecule has 0 bridgehead atoms. The number of halogens is 1. The molecule has 2 rings (SSSR count). The molecule has 1 aliphatic carbocycles. The highest BCUT2D eigenvalue weighted by atomic mass is 35.5. The molecule has 1 saturated carbocycles. The first-order valence-corrected chi connectivity index (χ1v) is 6.27. The van der Waals surface area contributed by atoms with E-state index in [-0.39, 0.29) is 22.0 Å². The van der Waals surface area contributed by atoms with Crippen LogP contribution in [0.3, 0.4) is 0 Å². The molecule has 7 heteroatoms. The normalized spacial score (nSPS) is 18.6. The van der Waals surface area contributed by atoms with Gasteiger partial charge in [-0.25, -0.2) is 0 Å². The number of nitrogens with one attached hydrogen (secondary N) is 1. The van der Waals surface area contributed by atoms with E-state index < -0.39 is 5.54 Å². The van der Waals surface area contributed by atoms with E-state index >= 15 is 0 Å². The van der Waals surface area contributed by atoms with Gasteiger partial charge in [0.15, 0.2) is 0 Å². The lowest BCUT2D eigenvalue weighted by atomic mass is 9.99. The highest BCUT2D eigenvalue weighted by Crippen LogP contribution is 2.29. The summed E-state index contributed by atoms with van der Waals surface area (Å²) in [6.07, 6.45) is 3.67. The molecule has 0 spiro atoms. The summed E-state index contributed by atoms with van der Waals surface area (Å²) in [6, 6.07) is 0. The molecule has 1 aliphatic rings. The summed E-state index contributed by atoms with van der Waals surface area (Å²) in [5.74, 6) is -0.305. The van der Waals surface area contributed by atoms with Crippen LogP contribution < -0.4 is 5.32 Å². The molecule has 1 aromatic heterocycles. The van der Waals surface area contributed by atoms with Gasteiger partial charge in [0.05, 0.1) is 12.1 Å². The molecule has 1 aromatic rings. The predicted molar refractivity (Wildman–Crippen MR) is 60.7 cm³/mol. The average molecular weight is 262 g/mol. The summed E-state index contributed by atoms with van der Waals surface area (Å²) in [7, 11) is 0. The van der Waals surface area contributed by atoms with Gasteiger partial charge < -0.3 is 10.4 Å². The first-order valence-electron chi connectivity index (χ1n) is 5.08. The largest absolute Gasteiger partial charge is 0.394 e. The maximum absolute atomic E-state index is 11.8. The van der Waals surface area contributed by atoms with E-state index in [0.29, 0.717) is 0 Å². The fourth-order valence-corrected chi connectivity index (χ4v) is 2.69. The average Bonchev–Trinajstić information content (AvgIpc) is 2.88. The number of hydrogen-bond acceptors (Lipinski definition) is 5. The Morgan fingerprint density at radius 2 is 2.19 bits per heavy atom. The van der Waals surface area contributed by atoms with Crippen LogP contribution in [-0.2, 0) is 0 Å². The van der Waals surface area contributed by atoms with Crippen LogP contribution >= 0.6 is 22.9 Å². The molecule has 0 unspecified atom stereocenters. The fourth-order valence-electron chi connectivity index (χ4n) is 1.97. The van der Waals surface area contributed by atoms with E-state index in [4.69, 9.17) is 11.6 Å². The summed E-state index contributed by atoms with van der Waals surface area (Å²) in [5.41, 5.74) is -0.477. The lowest BCUT2D eigenvalue weighted by molar-refractivity contribution is 0.0837. The number of carbonyl (C=O) groups excluding carboxylic acids is 1. The van der Waals surface area contributed by atoms with Gasteiger partial charge in [-0.05, 0) is 24.4 Å². The van der Waals surface area contributed by atoms with Crippen LogP contribution in [0.15, 0.2) is 0 Å². The fraction of sp³-hybridized carbons (Fsp3) is 0.667. The van der Waals surface area contributed by atoms with Crippen molar-refractivity contribution in [2.45, 2.75) is 31.2 Å². The number of amides is 1. The van der Waals surface area contributed by atoms with E-state index in [1.807, 2.05) is 0 Å². The van der Waals surface area contributed by atoms with E-state index in [9.17, 15) is 9.90 Å². The molecule has 0 radical (unpaired) electrons. The predicted octanol–water partition coefficient (Wildman–Crippen LogP) is 1.23. The van der Waals surface area contributed by atoms with Gasteiger partial charge >= 0.3 is 0 Å². The van der Waals surface area contributed by atoms with E-state index in [2.05, 4.69) is 15.5 Å². The van der Waals surface area contributed by atoms with Gasteiger partial charge in [-0.1, -0.05) is 24.2 Å². The van der Waals surface area contributed by atoms with Crippen molar-refractivity contribution in [2.24, 2.45) is 0 Å². The zero-order valence-electron chi connectivity index (χ0n) is 8.57. The molecule has 0 aromatic carbocycles. The van der Waals surface area contributed by atoms with Gasteiger partial charge in [0.25, 0.3) is 5.91 Å². The number of aliphatic hydroxyl groups is 1. The smallest absolute Gasteiger partial charge is 0.282 e. The van der Waals surface area contributed by atoms with Gasteiger partial charge in [0.2, 0.25) is 9.47 Å². The third-order valence-electron chi connectivity index (χ3n) is 2.84. The maximum Gasteiger partial charge on any atom is 0.282 e. The number of aromatic nitrogens is 2. The number of aliphatic hydroxyl groups excluding tert-OH is 1. The zero-order valence-corrected chi connectivity index (χ0v) is 10.1. The Labute approximate surface area is 102 Å². The molecule has 0 saturated heterocycles. The summed E-state index contributed by atoms with van der Waals surface area (Å²) in [5, 5.41) is 19.7. The molecule has 88 valence electrons. The van der Waals surface area contributed by atoms with Crippen molar-refractivity contribution in [3.63, 3.8) is 0 Å². The lowest BCUT2D eigenvalue weighted by Crippen LogP contribution is -2.49. The molecule has 5 nitrogen and oxygen atoms in total. The van der Waals surface area contributed by atoms with Crippen LogP contribution in [0.2, 0.25) is 4.47 Å². The van der Waals surface area contributed by atoms with Crippen molar-refractivity contribution < 1.29 is 9.90 Å². The summed E-state index contributed by atoms with van der Waals surface area (Å²) in [4.78, 5) is 11.8. The van der Waals surface area contributed by atoms with E-state index in [0.717, 1.165) is 37.0 Å². The Kier molecular flexibility index (Phi) is 3.41. The molecule has 1 amide bonds. The van der Waals surface area contributed by atoms with E-state index in [1.165, 1.54) is 0 Å². The van der Waals surface area contributed by atoms with Gasteiger partial charge in [0.1, 0.15) is 0 Å².